The Labute approximate surface area is 154 Å². The normalized spacial score (nSPS) is 11.5. The Morgan fingerprint density at radius 3 is 2.40 bits per heavy atom. The molecule has 0 aliphatic carbocycles. The molecule has 0 unspecified atom stereocenters. The highest BCUT2D eigenvalue weighted by atomic mass is 35.5. The Morgan fingerprint density at radius 2 is 1.76 bits per heavy atom. The number of nitrogens with one attached hydrogen (secondary N) is 2. The van der Waals surface area contributed by atoms with Crippen molar-refractivity contribution < 1.29 is 18.7 Å². The van der Waals surface area contributed by atoms with E-state index < -0.39 is 23.7 Å². The first-order chi connectivity index (χ1) is 11.8. The van der Waals surface area contributed by atoms with E-state index in [9.17, 15) is 14.0 Å². The Hall–Kier alpha value is -2.31. The van der Waals surface area contributed by atoms with E-state index in [4.69, 9.17) is 27.9 Å². The topological polar surface area (TPSA) is 67.4 Å². The van der Waals surface area contributed by atoms with E-state index in [0.29, 0.717) is 21.4 Å². The van der Waals surface area contributed by atoms with Crippen LogP contribution in [0.2, 0.25) is 10.0 Å². The number of carbonyl (C=O) groups excluding carboxylic acids is 2. The van der Waals surface area contributed by atoms with E-state index in [1.165, 1.54) is 31.2 Å². The van der Waals surface area contributed by atoms with Crippen LogP contribution in [0.25, 0.3) is 0 Å². The highest BCUT2D eigenvalue weighted by Gasteiger charge is 2.15. The van der Waals surface area contributed by atoms with Crippen molar-refractivity contribution in [2.75, 3.05) is 0 Å². The van der Waals surface area contributed by atoms with Crippen LogP contribution < -0.4 is 15.6 Å². The molecule has 2 amide bonds. The number of hydrogen-bond donors (Lipinski definition) is 2. The summed E-state index contributed by atoms with van der Waals surface area (Å²) in [6, 6.07) is 10.1. The second-order valence-corrected chi connectivity index (χ2v) is 5.99. The first-order valence-corrected chi connectivity index (χ1v) is 8.05. The van der Waals surface area contributed by atoms with Crippen LogP contribution in [-0.4, -0.2) is 17.9 Å². The molecule has 132 valence electrons. The molecule has 2 aromatic rings. The van der Waals surface area contributed by atoms with Crippen LogP contribution in [0.5, 0.6) is 5.75 Å². The highest BCUT2D eigenvalue weighted by Crippen LogP contribution is 2.22. The number of ether oxygens (including phenoxy) is 1. The lowest BCUT2D eigenvalue weighted by atomic mass is 10.1. The Morgan fingerprint density at radius 1 is 1.08 bits per heavy atom. The van der Waals surface area contributed by atoms with E-state index in [1.54, 1.807) is 18.2 Å². The molecular weight excluding hydrogens is 370 g/mol. The molecule has 0 saturated carbocycles. The van der Waals surface area contributed by atoms with E-state index in [2.05, 4.69) is 10.9 Å². The summed E-state index contributed by atoms with van der Waals surface area (Å²) in [6.45, 7) is 1.50. The largest absolute Gasteiger partial charge is 0.481 e. The van der Waals surface area contributed by atoms with E-state index in [1.807, 2.05) is 0 Å². The van der Waals surface area contributed by atoms with Gasteiger partial charge in [-0.05, 0) is 48.9 Å². The fraction of sp³-hybridized carbons (Fsp3) is 0.176. The lowest BCUT2D eigenvalue weighted by molar-refractivity contribution is -0.132. The summed E-state index contributed by atoms with van der Waals surface area (Å²) in [7, 11) is 0. The zero-order chi connectivity index (χ0) is 18.4. The minimum atomic E-state index is -0.879. The first-order valence-electron chi connectivity index (χ1n) is 7.30. The number of amides is 2. The summed E-state index contributed by atoms with van der Waals surface area (Å²) in [5.74, 6) is -1.04. The average Bonchev–Trinajstić information content (AvgIpc) is 2.58. The van der Waals surface area contributed by atoms with Crippen LogP contribution in [0.1, 0.15) is 12.5 Å². The molecule has 0 heterocycles. The first kappa shape index (κ1) is 19.0. The standard InChI is InChI=1S/C17H15Cl2FN2O3/c1-10(25-13-5-3-12(20)4-6-13)17(24)22-21-16(23)9-11-2-7-14(18)15(19)8-11/h2-8,10H,9H2,1H3,(H,21,23)(H,22,24)/t10-/m1/s1. The summed E-state index contributed by atoms with van der Waals surface area (Å²) >= 11 is 11.7. The van der Waals surface area contributed by atoms with Gasteiger partial charge in [-0.2, -0.15) is 0 Å². The van der Waals surface area contributed by atoms with Gasteiger partial charge < -0.3 is 4.74 Å². The minimum absolute atomic E-state index is 0.0182. The van der Waals surface area contributed by atoms with Crippen molar-refractivity contribution in [1.29, 1.82) is 0 Å². The van der Waals surface area contributed by atoms with E-state index in [0.717, 1.165) is 0 Å². The second-order valence-electron chi connectivity index (χ2n) is 5.18. The van der Waals surface area contributed by atoms with E-state index in [-0.39, 0.29) is 6.42 Å². The van der Waals surface area contributed by atoms with Crippen LogP contribution in [0, 0.1) is 5.82 Å². The number of benzene rings is 2. The lowest BCUT2D eigenvalue weighted by Crippen LogP contribution is -2.47. The molecule has 2 aromatic carbocycles. The van der Waals surface area contributed by atoms with Crippen LogP contribution in [0.15, 0.2) is 42.5 Å². The monoisotopic (exact) mass is 384 g/mol. The van der Waals surface area contributed by atoms with Crippen LogP contribution in [-0.2, 0) is 16.0 Å². The van der Waals surface area contributed by atoms with Crippen molar-refractivity contribution >= 4 is 35.0 Å². The summed E-state index contributed by atoms with van der Waals surface area (Å²) < 4.78 is 18.2. The van der Waals surface area contributed by atoms with Gasteiger partial charge in [-0.1, -0.05) is 29.3 Å². The quantitative estimate of drug-likeness (QED) is 0.777. The molecular formula is C17H15Cl2FN2O3. The third kappa shape index (κ3) is 5.92. The number of hydrazine groups is 1. The van der Waals surface area contributed by atoms with Gasteiger partial charge in [-0.25, -0.2) is 4.39 Å². The average molecular weight is 385 g/mol. The zero-order valence-corrected chi connectivity index (χ0v) is 14.7. The molecule has 1 atom stereocenters. The molecule has 25 heavy (non-hydrogen) atoms. The molecule has 0 aromatic heterocycles. The van der Waals surface area contributed by atoms with Crippen LogP contribution in [0.4, 0.5) is 4.39 Å². The molecule has 5 nitrogen and oxygen atoms in total. The van der Waals surface area contributed by atoms with Gasteiger partial charge in [0.2, 0.25) is 5.91 Å². The van der Waals surface area contributed by atoms with Crippen molar-refractivity contribution in [3.05, 3.63) is 63.9 Å². The van der Waals surface area contributed by atoms with Crippen LogP contribution >= 0.6 is 23.2 Å². The predicted octanol–water partition coefficient (Wildman–Crippen LogP) is 3.29. The fourth-order valence-electron chi connectivity index (χ4n) is 1.88. The molecule has 0 aliphatic rings. The summed E-state index contributed by atoms with van der Waals surface area (Å²) in [4.78, 5) is 23.8. The number of carbonyl (C=O) groups is 2. The molecule has 8 heteroatoms. The maximum absolute atomic E-state index is 12.8. The molecule has 0 aliphatic heterocycles. The molecule has 0 bridgehead atoms. The van der Waals surface area contributed by atoms with Crippen molar-refractivity contribution in [1.82, 2.24) is 10.9 Å². The molecule has 0 saturated heterocycles. The highest BCUT2D eigenvalue weighted by molar-refractivity contribution is 6.42. The van der Waals surface area contributed by atoms with Gasteiger partial charge in [-0.3, -0.25) is 20.4 Å². The van der Waals surface area contributed by atoms with Crippen LogP contribution in [0.3, 0.4) is 0 Å². The number of halogens is 3. The lowest BCUT2D eigenvalue weighted by Gasteiger charge is -2.15. The number of hydrogen-bond acceptors (Lipinski definition) is 3. The summed E-state index contributed by atoms with van der Waals surface area (Å²) in [6.07, 6.45) is -0.861. The van der Waals surface area contributed by atoms with Gasteiger partial charge in [0.05, 0.1) is 16.5 Å². The predicted molar refractivity (Wildman–Crippen MR) is 92.9 cm³/mol. The third-order valence-corrected chi connectivity index (χ3v) is 3.91. The van der Waals surface area contributed by atoms with Gasteiger partial charge in [0.15, 0.2) is 6.10 Å². The Balaban J connectivity index is 1.80. The van der Waals surface area contributed by atoms with E-state index >= 15 is 0 Å². The molecule has 0 fully saturated rings. The van der Waals surface area contributed by atoms with Gasteiger partial charge >= 0.3 is 0 Å². The van der Waals surface area contributed by atoms with Crippen molar-refractivity contribution in [3.63, 3.8) is 0 Å². The van der Waals surface area contributed by atoms with Gasteiger partial charge in [0.1, 0.15) is 11.6 Å². The smallest absolute Gasteiger partial charge is 0.279 e. The summed E-state index contributed by atoms with van der Waals surface area (Å²) in [5.41, 5.74) is 5.20. The van der Waals surface area contributed by atoms with Gasteiger partial charge in [0.25, 0.3) is 5.91 Å². The Kier molecular flexibility index (Phi) is 6.61. The Bertz CT molecular complexity index is 769. The molecule has 2 N–H and O–H groups in total. The molecule has 2 rings (SSSR count). The number of rotatable bonds is 5. The molecule has 0 radical (unpaired) electrons. The third-order valence-electron chi connectivity index (χ3n) is 3.17. The SMILES string of the molecule is C[C@@H](Oc1ccc(F)cc1)C(=O)NNC(=O)Cc1ccc(Cl)c(Cl)c1. The minimum Gasteiger partial charge on any atom is -0.481 e. The second kappa shape index (κ2) is 8.69. The van der Waals surface area contributed by atoms with Crippen molar-refractivity contribution in [2.24, 2.45) is 0 Å². The van der Waals surface area contributed by atoms with Gasteiger partial charge in [0, 0.05) is 0 Å². The van der Waals surface area contributed by atoms with Gasteiger partial charge in [-0.15, -0.1) is 0 Å². The molecule has 0 spiro atoms. The van der Waals surface area contributed by atoms with Crippen molar-refractivity contribution in [2.45, 2.75) is 19.4 Å². The fourth-order valence-corrected chi connectivity index (χ4v) is 2.20. The maximum atomic E-state index is 12.8. The zero-order valence-electron chi connectivity index (χ0n) is 13.2. The van der Waals surface area contributed by atoms with Crippen molar-refractivity contribution in [3.8, 4) is 5.75 Å². The maximum Gasteiger partial charge on any atom is 0.279 e. The summed E-state index contributed by atoms with van der Waals surface area (Å²) in [5, 5.41) is 0.739.